The van der Waals surface area contributed by atoms with Gasteiger partial charge in [0.2, 0.25) is 0 Å². The van der Waals surface area contributed by atoms with Gasteiger partial charge in [-0.25, -0.2) is 0 Å². The number of aromatic hydroxyl groups is 1. The number of phenols is 1. The van der Waals surface area contributed by atoms with Crippen LogP contribution >= 0.6 is 15.9 Å². The van der Waals surface area contributed by atoms with Gasteiger partial charge < -0.3 is 15.2 Å². The number of ether oxygens (including phenoxy) is 1. The Morgan fingerprint density at radius 1 is 1.22 bits per heavy atom. The van der Waals surface area contributed by atoms with Crippen molar-refractivity contribution in [3.05, 3.63) is 22.2 Å². The summed E-state index contributed by atoms with van der Waals surface area (Å²) in [4.78, 5) is 2.55. The van der Waals surface area contributed by atoms with Crippen molar-refractivity contribution in [2.24, 2.45) is 5.92 Å². The van der Waals surface area contributed by atoms with Gasteiger partial charge in [-0.3, -0.25) is 4.90 Å². The molecule has 2 aliphatic rings. The first-order valence-corrected chi connectivity index (χ1v) is 9.51. The molecule has 2 fully saturated rings. The molecule has 3 rings (SSSR count). The fourth-order valence-corrected chi connectivity index (χ4v) is 4.69. The number of benzene rings is 1. The van der Waals surface area contributed by atoms with Crippen LogP contribution in [0.25, 0.3) is 0 Å². The molecule has 0 bridgehead atoms. The van der Waals surface area contributed by atoms with Crippen molar-refractivity contribution in [1.82, 2.24) is 10.2 Å². The Kier molecular flexibility index (Phi) is 5.83. The Bertz CT molecular complexity index is 508. The van der Waals surface area contributed by atoms with Crippen LogP contribution < -0.4 is 10.1 Å². The van der Waals surface area contributed by atoms with Gasteiger partial charge in [-0.15, -0.1) is 0 Å². The van der Waals surface area contributed by atoms with E-state index in [1.54, 1.807) is 7.11 Å². The van der Waals surface area contributed by atoms with Crippen LogP contribution in [-0.4, -0.2) is 43.3 Å². The molecule has 23 heavy (non-hydrogen) atoms. The molecule has 4 nitrogen and oxygen atoms in total. The van der Waals surface area contributed by atoms with Gasteiger partial charge in [-0.2, -0.15) is 0 Å². The number of methoxy groups -OCH3 is 1. The van der Waals surface area contributed by atoms with Crippen LogP contribution in [0, 0.1) is 5.92 Å². The Morgan fingerprint density at radius 3 is 2.57 bits per heavy atom. The van der Waals surface area contributed by atoms with E-state index in [1.165, 1.54) is 32.1 Å². The average Bonchev–Trinajstić information content (AvgIpc) is 2.60. The smallest absolute Gasteiger partial charge is 0.163 e. The predicted molar refractivity (Wildman–Crippen MR) is 96.1 cm³/mol. The molecule has 1 aromatic rings. The van der Waals surface area contributed by atoms with Crippen molar-refractivity contribution in [3.8, 4) is 11.5 Å². The van der Waals surface area contributed by atoms with Gasteiger partial charge in [0.25, 0.3) is 0 Å². The van der Waals surface area contributed by atoms with Crippen LogP contribution in [-0.2, 0) is 0 Å². The zero-order chi connectivity index (χ0) is 16.2. The maximum absolute atomic E-state index is 10.8. The van der Waals surface area contributed by atoms with Crippen LogP contribution in [0.15, 0.2) is 16.6 Å². The largest absolute Gasteiger partial charge is 0.504 e. The molecule has 1 heterocycles. The lowest BCUT2D eigenvalue weighted by Crippen LogP contribution is -2.47. The van der Waals surface area contributed by atoms with E-state index in [9.17, 15) is 5.11 Å². The minimum absolute atomic E-state index is 0.266. The molecule has 1 saturated heterocycles. The quantitative estimate of drug-likeness (QED) is 0.833. The van der Waals surface area contributed by atoms with Crippen molar-refractivity contribution in [2.45, 2.75) is 38.1 Å². The molecule has 1 aliphatic heterocycles. The maximum Gasteiger partial charge on any atom is 0.163 e. The van der Waals surface area contributed by atoms with Gasteiger partial charge in [0.15, 0.2) is 11.5 Å². The standard InChI is InChI=1S/C18H27BrN2O2/c1-23-15-8-7-14(19)16(18(15)22)17(13-5-3-2-4-6-13)21-11-9-20-10-12-21/h7-8,13,17,20,22H,2-6,9-12H2,1H3/t17-/m0/s1. The van der Waals surface area contributed by atoms with Crippen molar-refractivity contribution < 1.29 is 9.84 Å². The molecule has 2 N–H and O–H groups in total. The zero-order valence-corrected chi connectivity index (χ0v) is 15.4. The highest BCUT2D eigenvalue weighted by Crippen LogP contribution is 2.47. The lowest BCUT2D eigenvalue weighted by atomic mass is 9.79. The fourth-order valence-electron chi connectivity index (χ4n) is 4.14. The fraction of sp³-hybridized carbons (Fsp3) is 0.667. The van der Waals surface area contributed by atoms with E-state index >= 15 is 0 Å². The summed E-state index contributed by atoms with van der Waals surface area (Å²) in [6, 6.07) is 4.10. The highest BCUT2D eigenvalue weighted by atomic mass is 79.9. The first-order chi connectivity index (χ1) is 11.2. The Hall–Kier alpha value is -0.780. The maximum atomic E-state index is 10.8. The van der Waals surface area contributed by atoms with E-state index in [0.717, 1.165) is 36.2 Å². The number of halogens is 1. The average molecular weight is 383 g/mol. The van der Waals surface area contributed by atoms with Gasteiger partial charge in [-0.05, 0) is 30.9 Å². The second-order valence-electron chi connectivity index (χ2n) is 6.64. The van der Waals surface area contributed by atoms with Gasteiger partial charge in [0, 0.05) is 42.3 Å². The SMILES string of the molecule is COc1ccc(Br)c([C@H](C2CCCCC2)N2CCNCC2)c1O. The molecule has 1 aliphatic carbocycles. The molecule has 0 aromatic heterocycles. The second kappa shape index (κ2) is 7.86. The molecule has 1 atom stereocenters. The lowest BCUT2D eigenvalue weighted by molar-refractivity contribution is 0.100. The summed E-state index contributed by atoms with van der Waals surface area (Å²) in [5.41, 5.74) is 1.01. The van der Waals surface area contributed by atoms with E-state index in [4.69, 9.17) is 4.74 Å². The van der Waals surface area contributed by atoms with E-state index in [1.807, 2.05) is 12.1 Å². The van der Waals surface area contributed by atoms with Crippen molar-refractivity contribution in [2.75, 3.05) is 33.3 Å². The van der Waals surface area contributed by atoms with Gasteiger partial charge in [-0.1, -0.05) is 35.2 Å². The van der Waals surface area contributed by atoms with Crippen molar-refractivity contribution in [3.63, 3.8) is 0 Å². The van der Waals surface area contributed by atoms with Crippen LogP contribution in [0.1, 0.15) is 43.7 Å². The summed E-state index contributed by atoms with van der Waals surface area (Å²) >= 11 is 3.69. The molecule has 1 aromatic carbocycles. The highest BCUT2D eigenvalue weighted by molar-refractivity contribution is 9.10. The molecule has 0 unspecified atom stereocenters. The molecule has 0 radical (unpaired) electrons. The Labute approximate surface area is 147 Å². The normalized spacial score (nSPS) is 22.0. The Morgan fingerprint density at radius 2 is 1.91 bits per heavy atom. The van der Waals surface area contributed by atoms with E-state index in [2.05, 4.69) is 26.1 Å². The summed E-state index contributed by atoms with van der Waals surface area (Å²) in [6.45, 7) is 4.10. The number of hydrogen-bond donors (Lipinski definition) is 2. The van der Waals surface area contributed by atoms with E-state index in [-0.39, 0.29) is 6.04 Å². The third-order valence-corrected chi connectivity index (χ3v) is 5.98. The lowest BCUT2D eigenvalue weighted by Gasteiger charge is -2.41. The molecule has 128 valence electrons. The third kappa shape index (κ3) is 3.67. The number of phenolic OH excluding ortho intramolecular Hbond substituents is 1. The molecular formula is C18H27BrN2O2. The molecule has 5 heteroatoms. The number of nitrogens with zero attached hydrogens (tertiary/aromatic N) is 1. The predicted octanol–water partition coefficient (Wildman–Crippen LogP) is 3.69. The van der Waals surface area contributed by atoms with Crippen LogP contribution in [0.4, 0.5) is 0 Å². The number of nitrogens with one attached hydrogen (secondary N) is 1. The summed E-state index contributed by atoms with van der Waals surface area (Å²) in [5.74, 6) is 1.48. The minimum Gasteiger partial charge on any atom is -0.504 e. The summed E-state index contributed by atoms with van der Waals surface area (Å²) in [5, 5.41) is 14.2. The topological polar surface area (TPSA) is 44.7 Å². The molecular weight excluding hydrogens is 356 g/mol. The highest BCUT2D eigenvalue weighted by Gasteiger charge is 2.34. The first kappa shape index (κ1) is 17.1. The zero-order valence-electron chi connectivity index (χ0n) is 13.9. The monoisotopic (exact) mass is 382 g/mol. The van der Waals surface area contributed by atoms with Crippen LogP contribution in [0.2, 0.25) is 0 Å². The molecule has 0 amide bonds. The second-order valence-corrected chi connectivity index (χ2v) is 7.50. The molecule has 1 saturated carbocycles. The Balaban J connectivity index is 2.00. The number of rotatable bonds is 4. The van der Waals surface area contributed by atoms with Gasteiger partial charge in [0.1, 0.15) is 0 Å². The van der Waals surface area contributed by atoms with Crippen LogP contribution in [0.5, 0.6) is 11.5 Å². The van der Waals surface area contributed by atoms with Gasteiger partial charge >= 0.3 is 0 Å². The number of hydrogen-bond acceptors (Lipinski definition) is 4. The minimum atomic E-state index is 0.266. The van der Waals surface area contributed by atoms with E-state index < -0.39 is 0 Å². The van der Waals surface area contributed by atoms with Crippen LogP contribution in [0.3, 0.4) is 0 Å². The van der Waals surface area contributed by atoms with E-state index in [0.29, 0.717) is 17.4 Å². The summed E-state index contributed by atoms with van der Waals surface area (Å²) in [7, 11) is 1.62. The summed E-state index contributed by atoms with van der Waals surface area (Å²) < 4.78 is 6.35. The van der Waals surface area contributed by atoms with Crippen molar-refractivity contribution in [1.29, 1.82) is 0 Å². The number of piperazine rings is 1. The van der Waals surface area contributed by atoms with Gasteiger partial charge in [0.05, 0.1) is 7.11 Å². The van der Waals surface area contributed by atoms with Crippen molar-refractivity contribution >= 4 is 15.9 Å². The third-order valence-electron chi connectivity index (χ3n) is 5.28. The molecule has 0 spiro atoms. The summed E-state index contributed by atoms with van der Waals surface area (Å²) in [6.07, 6.45) is 6.44. The first-order valence-electron chi connectivity index (χ1n) is 8.72.